The third kappa shape index (κ3) is 3.91. The van der Waals surface area contributed by atoms with Gasteiger partial charge in [-0.3, -0.25) is 9.78 Å². The van der Waals surface area contributed by atoms with Crippen molar-refractivity contribution in [2.24, 2.45) is 0 Å². The van der Waals surface area contributed by atoms with Gasteiger partial charge in [0, 0.05) is 17.5 Å². The van der Waals surface area contributed by atoms with Crippen molar-refractivity contribution < 1.29 is 4.79 Å². The molecule has 0 spiro atoms. The molecule has 1 amide bonds. The maximum atomic E-state index is 13.5. The van der Waals surface area contributed by atoms with Crippen molar-refractivity contribution in [3.8, 4) is 17.5 Å². The predicted octanol–water partition coefficient (Wildman–Crippen LogP) is 4.45. The van der Waals surface area contributed by atoms with Gasteiger partial charge >= 0.3 is 0 Å². The van der Waals surface area contributed by atoms with Gasteiger partial charge < -0.3 is 10.6 Å². The predicted molar refractivity (Wildman–Crippen MR) is 129 cm³/mol. The lowest BCUT2D eigenvalue weighted by molar-refractivity contribution is -0.113. The summed E-state index contributed by atoms with van der Waals surface area (Å²) in [6.07, 6.45) is 3.24. The normalized spacial score (nSPS) is 14.7. The van der Waals surface area contributed by atoms with E-state index in [0.717, 1.165) is 16.7 Å². The highest BCUT2D eigenvalue weighted by atomic mass is 16.1. The number of hydrogen-bond acceptors (Lipinski definition) is 6. The van der Waals surface area contributed by atoms with Crippen LogP contribution in [0.1, 0.15) is 29.7 Å². The highest BCUT2D eigenvalue weighted by Crippen LogP contribution is 2.37. The smallest absolute Gasteiger partial charge is 0.255 e. The van der Waals surface area contributed by atoms with Gasteiger partial charge in [-0.05, 0) is 43.7 Å². The van der Waals surface area contributed by atoms with Crippen molar-refractivity contribution in [1.29, 1.82) is 5.26 Å². The summed E-state index contributed by atoms with van der Waals surface area (Å²) < 4.78 is 1.72. The largest absolute Gasteiger partial charge is 0.328 e. The molecule has 8 heteroatoms. The van der Waals surface area contributed by atoms with Crippen LogP contribution in [0.3, 0.4) is 0 Å². The lowest BCUT2D eigenvalue weighted by Crippen LogP contribution is -2.31. The Balaban J connectivity index is 1.60. The summed E-state index contributed by atoms with van der Waals surface area (Å²) >= 11 is 0. The molecule has 1 unspecified atom stereocenters. The highest BCUT2D eigenvalue weighted by molar-refractivity contribution is 6.05. The minimum atomic E-state index is -0.535. The summed E-state index contributed by atoms with van der Waals surface area (Å²) in [7, 11) is 0. The molecule has 2 aromatic heterocycles. The number of anilines is 2. The van der Waals surface area contributed by atoms with Crippen LogP contribution in [-0.4, -0.2) is 25.7 Å². The fourth-order valence-corrected chi connectivity index (χ4v) is 3.95. The summed E-state index contributed by atoms with van der Waals surface area (Å²) in [5.74, 6) is 0.827. The molecule has 0 aliphatic carbocycles. The monoisotopic (exact) mass is 447 g/mol. The maximum Gasteiger partial charge on any atom is 0.255 e. The van der Waals surface area contributed by atoms with Gasteiger partial charge in [0.05, 0.1) is 29.1 Å². The van der Waals surface area contributed by atoms with Crippen LogP contribution in [0.2, 0.25) is 0 Å². The van der Waals surface area contributed by atoms with Crippen LogP contribution >= 0.6 is 0 Å². The molecule has 2 aromatic carbocycles. The van der Waals surface area contributed by atoms with Crippen LogP contribution in [0.25, 0.3) is 11.4 Å². The van der Waals surface area contributed by atoms with Crippen molar-refractivity contribution in [2.45, 2.75) is 19.9 Å². The van der Waals surface area contributed by atoms with E-state index >= 15 is 0 Å². The van der Waals surface area contributed by atoms with Crippen molar-refractivity contribution in [3.63, 3.8) is 0 Å². The molecule has 166 valence electrons. The highest BCUT2D eigenvalue weighted by Gasteiger charge is 2.34. The molecule has 0 bridgehead atoms. The average molecular weight is 448 g/mol. The molecular weight excluding hydrogens is 426 g/mol. The summed E-state index contributed by atoms with van der Waals surface area (Å²) in [5, 5.41) is 20.2. The molecule has 0 radical (unpaired) electrons. The van der Waals surface area contributed by atoms with Crippen LogP contribution in [0.5, 0.6) is 0 Å². The molecule has 1 atom stereocenters. The molecule has 2 N–H and O–H groups in total. The van der Waals surface area contributed by atoms with Crippen molar-refractivity contribution in [2.75, 3.05) is 10.6 Å². The quantitative estimate of drug-likeness (QED) is 0.479. The first-order valence-electron chi connectivity index (χ1n) is 10.8. The summed E-state index contributed by atoms with van der Waals surface area (Å²) in [6.45, 7) is 3.87. The van der Waals surface area contributed by atoms with Crippen LogP contribution < -0.4 is 10.6 Å². The van der Waals surface area contributed by atoms with E-state index < -0.39 is 6.04 Å². The molecule has 34 heavy (non-hydrogen) atoms. The number of nitriles is 1. The molecule has 0 fully saturated rings. The van der Waals surface area contributed by atoms with Gasteiger partial charge in [-0.2, -0.15) is 10.2 Å². The Kier molecular flexibility index (Phi) is 5.36. The Morgan fingerprint density at radius 3 is 2.53 bits per heavy atom. The van der Waals surface area contributed by atoms with E-state index in [9.17, 15) is 10.1 Å². The second-order valence-corrected chi connectivity index (χ2v) is 8.07. The van der Waals surface area contributed by atoms with Crippen molar-refractivity contribution in [1.82, 2.24) is 19.7 Å². The molecule has 0 saturated heterocycles. The van der Waals surface area contributed by atoms with Crippen LogP contribution in [0.4, 0.5) is 11.6 Å². The van der Waals surface area contributed by atoms with Gasteiger partial charge in [0.1, 0.15) is 6.04 Å². The minimum absolute atomic E-state index is 0.273. The first-order chi connectivity index (χ1) is 16.5. The summed E-state index contributed by atoms with van der Waals surface area (Å²) in [5.41, 5.74) is 5.15. The fourth-order valence-electron chi connectivity index (χ4n) is 3.95. The number of allylic oxidation sites excluding steroid dienone is 1. The number of carbonyl (C=O) groups excluding carboxylic acids is 1. The lowest BCUT2D eigenvalue weighted by Gasteiger charge is -2.28. The van der Waals surface area contributed by atoms with Crippen LogP contribution in [0.15, 0.2) is 84.3 Å². The van der Waals surface area contributed by atoms with E-state index in [0.29, 0.717) is 34.3 Å². The van der Waals surface area contributed by atoms with Gasteiger partial charge in [0.25, 0.3) is 5.91 Å². The third-order valence-electron chi connectivity index (χ3n) is 5.68. The Morgan fingerprint density at radius 2 is 1.85 bits per heavy atom. The first kappa shape index (κ1) is 21.1. The second kappa shape index (κ2) is 8.64. The molecule has 0 saturated carbocycles. The standard InChI is InChI=1S/C26H21N7O/c1-16-5-9-20(10-6-16)24-31-26-29-17(2)22(25(34)30-21-4-3-13-28-15-21)23(33(26)32-24)19-11-7-18(14-27)8-12-19/h3-13,15,23H,1-2H3,(H,30,34)(H,29,31,32). The SMILES string of the molecule is CC1=C(C(=O)Nc2cccnc2)C(c2ccc(C#N)cc2)n2nc(-c3ccc(C)cc3)nc2N1. The molecule has 8 nitrogen and oxygen atoms in total. The second-order valence-electron chi connectivity index (χ2n) is 8.07. The van der Waals surface area contributed by atoms with Gasteiger partial charge in [0.2, 0.25) is 5.95 Å². The van der Waals surface area contributed by atoms with Gasteiger partial charge in [-0.1, -0.05) is 42.0 Å². The molecular formula is C26H21N7O. The Bertz CT molecular complexity index is 1430. The van der Waals surface area contributed by atoms with E-state index in [1.165, 1.54) is 0 Å². The zero-order chi connectivity index (χ0) is 23.7. The average Bonchev–Trinajstić information content (AvgIpc) is 3.27. The molecule has 5 rings (SSSR count). The number of pyridine rings is 1. The van der Waals surface area contributed by atoms with Gasteiger partial charge in [-0.15, -0.1) is 5.10 Å². The number of carbonyl (C=O) groups is 1. The van der Waals surface area contributed by atoms with E-state index in [2.05, 4.69) is 21.7 Å². The Morgan fingerprint density at radius 1 is 1.09 bits per heavy atom. The summed E-state index contributed by atoms with van der Waals surface area (Å²) in [4.78, 5) is 22.2. The number of hydrogen-bond donors (Lipinski definition) is 2. The number of nitrogens with zero attached hydrogens (tertiary/aromatic N) is 5. The van der Waals surface area contributed by atoms with E-state index in [-0.39, 0.29) is 5.91 Å². The number of aromatic nitrogens is 4. The molecule has 3 heterocycles. The fraction of sp³-hybridized carbons (Fsp3) is 0.115. The van der Waals surface area contributed by atoms with Gasteiger partial charge in [-0.25, -0.2) is 4.68 Å². The maximum absolute atomic E-state index is 13.5. The summed E-state index contributed by atoms with van der Waals surface area (Å²) in [6, 6.07) is 20.3. The van der Waals surface area contributed by atoms with Crippen LogP contribution in [-0.2, 0) is 4.79 Å². The third-order valence-corrected chi connectivity index (χ3v) is 5.68. The van der Waals surface area contributed by atoms with Gasteiger partial charge in [0.15, 0.2) is 5.82 Å². The van der Waals surface area contributed by atoms with E-state index in [1.807, 2.05) is 50.2 Å². The topological polar surface area (TPSA) is 109 Å². The Labute approximate surface area is 196 Å². The molecule has 4 aromatic rings. The number of aryl methyl sites for hydroxylation is 1. The Hall–Kier alpha value is -4.77. The van der Waals surface area contributed by atoms with Crippen LogP contribution in [0, 0.1) is 18.3 Å². The van der Waals surface area contributed by atoms with Crippen molar-refractivity contribution in [3.05, 3.63) is 101 Å². The number of benzene rings is 2. The number of rotatable bonds is 4. The first-order valence-corrected chi connectivity index (χ1v) is 10.8. The number of amides is 1. The molecule has 1 aliphatic heterocycles. The zero-order valence-electron chi connectivity index (χ0n) is 18.6. The molecule has 1 aliphatic rings. The minimum Gasteiger partial charge on any atom is -0.328 e. The zero-order valence-corrected chi connectivity index (χ0v) is 18.6. The number of fused-ring (bicyclic) bond motifs is 1. The van der Waals surface area contributed by atoms with E-state index in [4.69, 9.17) is 10.1 Å². The lowest BCUT2D eigenvalue weighted by atomic mass is 9.94. The van der Waals surface area contributed by atoms with Crippen molar-refractivity contribution >= 4 is 17.5 Å². The van der Waals surface area contributed by atoms with E-state index in [1.54, 1.807) is 41.3 Å². The number of nitrogens with one attached hydrogen (secondary N) is 2.